The first-order chi connectivity index (χ1) is 13.5. The lowest BCUT2D eigenvalue weighted by atomic mass is 10.1. The molecule has 1 fully saturated rings. The highest BCUT2D eigenvalue weighted by Gasteiger charge is 2.20. The molecule has 6 heteroatoms. The van der Waals surface area contributed by atoms with Crippen molar-refractivity contribution in [2.45, 2.75) is 32.7 Å². The molecule has 5 nitrogen and oxygen atoms in total. The first kappa shape index (κ1) is 20.2. The van der Waals surface area contributed by atoms with Gasteiger partial charge in [0, 0.05) is 50.4 Å². The van der Waals surface area contributed by atoms with E-state index in [1.54, 1.807) is 0 Å². The van der Waals surface area contributed by atoms with Crippen molar-refractivity contribution in [3.8, 4) is 6.07 Å². The van der Waals surface area contributed by atoms with E-state index in [1.807, 2.05) is 48.2 Å². The summed E-state index contributed by atoms with van der Waals surface area (Å²) in [6, 6.07) is 13.6. The predicted octanol–water partition coefficient (Wildman–Crippen LogP) is 3.63. The minimum absolute atomic E-state index is 0.0590. The lowest BCUT2D eigenvalue weighted by Gasteiger charge is -2.22. The zero-order valence-electron chi connectivity index (χ0n) is 16.2. The Bertz CT molecular complexity index is 867. The maximum atomic E-state index is 12.6. The van der Waals surface area contributed by atoms with Crippen molar-refractivity contribution in [1.82, 2.24) is 9.80 Å². The van der Waals surface area contributed by atoms with Crippen LogP contribution in [0.15, 0.2) is 36.4 Å². The number of carbonyl (C=O) groups is 2. The highest BCUT2D eigenvalue weighted by Crippen LogP contribution is 2.18. The van der Waals surface area contributed by atoms with E-state index in [1.165, 1.54) is 16.9 Å². The molecule has 0 atom stereocenters. The Morgan fingerprint density at radius 3 is 2.50 bits per heavy atom. The van der Waals surface area contributed by atoms with E-state index in [0.717, 1.165) is 42.4 Å². The van der Waals surface area contributed by atoms with Gasteiger partial charge in [-0.15, -0.1) is 11.3 Å². The van der Waals surface area contributed by atoms with E-state index in [-0.39, 0.29) is 24.5 Å². The standard InChI is InChI=1S/C22H25N3O2S/c1-17-3-9-21(28-17)20(26)8-10-22(27)25-12-2-11-24(13-14-25)16-19-6-4-18(15-23)5-7-19/h3-7,9H,2,8,10-14,16H2,1H3. The summed E-state index contributed by atoms with van der Waals surface area (Å²) in [6.07, 6.45) is 1.50. The zero-order valence-corrected chi connectivity index (χ0v) is 17.0. The summed E-state index contributed by atoms with van der Waals surface area (Å²) in [5.41, 5.74) is 1.85. The summed E-state index contributed by atoms with van der Waals surface area (Å²) >= 11 is 1.49. The van der Waals surface area contributed by atoms with Crippen LogP contribution in [-0.2, 0) is 11.3 Å². The fourth-order valence-corrected chi connectivity index (χ4v) is 4.24. The lowest BCUT2D eigenvalue weighted by Crippen LogP contribution is -2.35. The van der Waals surface area contributed by atoms with E-state index in [0.29, 0.717) is 12.1 Å². The lowest BCUT2D eigenvalue weighted by molar-refractivity contribution is -0.131. The van der Waals surface area contributed by atoms with Gasteiger partial charge in [0.15, 0.2) is 5.78 Å². The Morgan fingerprint density at radius 1 is 1.04 bits per heavy atom. The molecule has 1 aromatic carbocycles. The van der Waals surface area contributed by atoms with Crippen LogP contribution in [-0.4, -0.2) is 47.7 Å². The minimum atomic E-state index is 0.0590. The molecule has 3 rings (SSSR count). The molecule has 1 aliphatic rings. The molecule has 2 aromatic rings. The first-order valence-corrected chi connectivity index (χ1v) is 10.5. The second-order valence-corrected chi connectivity index (χ2v) is 8.44. The summed E-state index contributed by atoms with van der Waals surface area (Å²) in [7, 11) is 0. The van der Waals surface area contributed by atoms with Gasteiger partial charge in [0.1, 0.15) is 0 Å². The van der Waals surface area contributed by atoms with Crippen LogP contribution >= 0.6 is 11.3 Å². The van der Waals surface area contributed by atoms with Crippen molar-refractivity contribution < 1.29 is 9.59 Å². The summed E-state index contributed by atoms with van der Waals surface area (Å²) in [4.78, 5) is 30.9. The first-order valence-electron chi connectivity index (χ1n) is 9.64. The SMILES string of the molecule is Cc1ccc(C(=O)CCC(=O)N2CCCN(Cc3ccc(C#N)cc3)CC2)s1. The van der Waals surface area contributed by atoms with E-state index < -0.39 is 0 Å². The average molecular weight is 396 g/mol. The van der Waals surface area contributed by atoms with Gasteiger partial charge in [-0.1, -0.05) is 12.1 Å². The fraction of sp³-hybridized carbons (Fsp3) is 0.409. The highest BCUT2D eigenvalue weighted by molar-refractivity contribution is 7.14. The zero-order chi connectivity index (χ0) is 19.9. The van der Waals surface area contributed by atoms with Crippen molar-refractivity contribution >= 4 is 23.0 Å². The molecule has 1 amide bonds. The van der Waals surface area contributed by atoms with Crippen molar-refractivity contribution in [2.75, 3.05) is 26.2 Å². The number of carbonyl (C=O) groups excluding carboxylic acids is 2. The second-order valence-electron chi connectivity index (χ2n) is 7.15. The number of benzene rings is 1. The Kier molecular flexibility index (Phi) is 6.96. The third-order valence-corrected chi connectivity index (χ3v) is 6.05. The van der Waals surface area contributed by atoms with Gasteiger partial charge in [-0.05, 0) is 43.2 Å². The van der Waals surface area contributed by atoms with Gasteiger partial charge in [0.2, 0.25) is 5.91 Å². The van der Waals surface area contributed by atoms with Gasteiger partial charge in [-0.2, -0.15) is 5.26 Å². The normalized spacial score (nSPS) is 15.1. The van der Waals surface area contributed by atoms with Crippen LogP contribution in [0.2, 0.25) is 0 Å². The number of ketones is 1. The minimum Gasteiger partial charge on any atom is -0.341 e. The molecule has 1 aliphatic heterocycles. The number of hydrogen-bond acceptors (Lipinski definition) is 5. The highest BCUT2D eigenvalue weighted by atomic mass is 32.1. The van der Waals surface area contributed by atoms with E-state index in [2.05, 4.69) is 11.0 Å². The summed E-state index contributed by atoms with van der Waals surface area (Å²) < 4.78 is 0. The summed E-state index contributed by atoms with van der Waals surface area (Å²) in [5, 5.41) is 8.89. The molecule has 1 saturated heterocycles. The van der Waals surface area contributed by atoms with E-state index in [9.17, 15) is 9.59 Å². The number of amides is 1. The Hall–Kier alpha value is -2.49. The fourth-order valence-electron chi connectivity index (χ4n) is 3.41. The van der Waals surface area contributed by atoms with Crippen LogP contribution in [0.1, 0.15) is 44.9 Å². The monoisotopic (exact) mass is 395 g/mol. The quantitative estimate of drug-likeness (QED) is 0.701. The van der Waals surface area contributed by atoms with Crippen molar-refractivity contribution in [3.05, 3.63) is 57.3 Å². The molecule has 0 N–H and O–H groups in total. The maximum absolute atomic E-state index is 12.6. The number of nitrogens with zero attached hydrogens (tertiary/aromatic N) is 3. The van der Waals surface area contributed by atoms with Crippen LogP contribution in [0.4, 0.5) is 0 Å². The van der Waals surface area contributed by atoms with Crippen LogP contribution in [0.3, 0.4) is 0 Å². The summed E-state index contributed by atoms with van der Waals surface area (Å²) in [6.45, 7) is 6.01. The molecule has 0 aliphatic carbocycles. The molecule has 146 valence electrons. The van der Waals surface area contributed by atoms with Crippen molar-refractivity contribution in [1.29, 1.82) is 5.26 Å². The molecular formula is C22H25N3O2S. The molecule has 2 heterocycles. The van der Waals surface area contributed by atoms with Gasteiger partial charge in [0.25, 0.3) is 0 Å². The number of Topliss-reactive ketones (excluding diaryl/α,β-unsaturated/α-hetero) is 1. The molecule has 0 spiro atoms. The van der Waals surface area contributed by atoms with E-state index >= 15 is 0 Å². The molecular weight excluding hydrogens is 370 g/mol. The molecule has 1 aromatic heterocycles. The number of hydrogen-bond donors (Lipinski definition) is 0. The molecule has 28 heavy (non-hydrogen) atoms. The third-order valence-electron chi connectivity index (χ3n) is 5.01. The Morgan fingerprint density at radius 2 is 1.82 bits per heavy atom. The largest absolute Gasteiger partial charge is 0.341 e. The van der Waals surface area contributed by atoms with Gasteiger partial charge in [-0.25, -0.2) is 0 Å². The van der Waals surface area contributed by atoms with Gasteiger partial charge >= 0.3 is 0 Å². The molecule has 0 bridgehead atoms. The van der Waals surface area contributed by atoms with Crippen LogP contribution < -0.4 is 0 Å². The summed E-state index contributed by atoms with van der Waals surface area (Å²) in [5.74, 6) is 0.130. The van der Waals surface area contributed by atoms with Gasteiger partial charge in [-0.3, -0.25) is 14.5 Å². The molecule has 0 saturated carbocycles. The van der Waals surface area contributed by atoms with Gasteiger partial charge in [0.05, 0.1) is 16.5 Å². The third kappa shape index (κ3) is 5.51. The molecule has 0 radical (unpaired) electrons. The second kappa shape index (κ2) is 9.63. The number of aryl methyl sites for hydroxylation is 1. The average Bonchev–Trinajstić information content (AvgIpc) is 3.01. The Labute approximate surface area is 170 Å². The molecule has 0 unspecified atom stereocenters. The van der Waals surface area contributed by atoms with Gasteiger partial charge < -0.3 is 4.90 Å². The van der Waals surface area contributed by atoms with Crippen molar-refractivity contribution in [2.24, 2.45) is 0 Å². The smallest absolute Gasteiger partial charge is 0.223 e. The number of thiophene rings is 1. The van der Waals surface area contributed by atoms with Crippen LogP contribution in [0, 0.1) is 18.3 Å². The number of nitriles is 1. The topological polar surface area (TPSA) is 64.4 Å². The number of rotatable bonds is 6. The van der Waals surface area contributed by atoms with Crippen LogP contribution in [0.5, 0.6) is 0 Å². The van der Waals surface area contributed by atoms with Crippen molar-refractivity contribution in [3.63, 3.8) is 0 Å². The van der Waals surface area contributed by atoms with Crippen LogP contribution in [0.25, 0.3) is 0 Å². The predicted molar refractivity (Wildman–Crippen MR) is 110 cm³/mol. The Balaban J connectivity index is 1.46. The van der Waals surface area contributed by atoms with E-state index in [4.69, 9.17) is 5.26 Å². The maximum Gasteiger partial charge on any atom is 0.223 e.